The number of ether oxygens (including phenoxy) is 1. The number of piperazine rings is 1. The average Bonchev–Trinajstić information content (AvgIpc) is 2.70. The number of carbonyl (C=O) groups excluding carboxylic acids is 2. The lowest BCUT2D eigenvalue weighted by atomic mass is 10.2. The molecule has 3 rings (SSSR count). The Kier molecular flexibility index (Phi) is 6.81. The highest BCUT2D eigenvalue weighted by atomic mass is 35.5. The summed E-state index contributed by atoms with van der Waals surface area (Å²) >= 11 is 11.9. The Morgan fingerprint density at radius 3 is 2.48 bits per heavy atom. The van der Waals surface area contributed by atoms with Crippen LogP contribution in [0.3, 0.4) is 0 Å². The molecule has 1 atom stereocenters. The minimum atomic E-state index is -0.407. The Labute approximate surface area is 169 Å². The standard InChI is InChI=1S/C18H24Cl2N4O3/c1-2-22-9-10-27-16(12-22)17(25)23-5-7-24(8-6-23)18(26)21-13-3-4-14(19)15(20)11-13/h3-4,11,16H,2,5-10,12H2,1H3,(H,21,26). The number of nitrogens with zero attached hydrogens (tertiary/aromatic N) is 3. The number of amides is 3. The first-order valence-corrected chi connectivity index (χ1v) is 9.87. The fourth-order valence-electron chi connectivity index (χ4n) is 3.25. The highest BCUT2D eigenvalue weighted by Crippen LogP contribution is 2.25. The van der Waals surface area contributed by atoms with E-state index in [0.29, 0.717) is 55.1 Å². The lowest BCUT2D eigenvalue weighted by Gasteiger charge is -2.38. The Bertz CT molecular complexity index is 695. The molecule has 9 heteroatoms. The molecule has 1 unspecified atom stereocenters. The molecule has 2 aliphatic heterocycles. The van der Waals surface area contributed by atoms with Crippen LogP contribution in [0.4, 0.5) is 10.5 Å². The van der Waals surface area contributed by atoms with Crippen LogP contribution in [0, 0.1) is 0 Å². The Morgan fingerprint density at radius 1 is 1.11 bits per heavy atom. The second-order valence-electron chi connectivity index (χ2n) is 6.62. The zero-order chi connectivity index (χ0) is 19.4. The van der Waals surface area contributed by atoms with Crippen molar-refractivity contribution in [3.05, 3.63) is 28.2 Å². The number of urea groups is 1. The molecule has 148 valence electrons. The number of halogens is 2. The van der Waals surface area contributed by atoms with Gasteiger partial charge in [-0.3, -0.25) is 9.69 Å². The zero-order valence-electron chi connectivity index (χ0n) is 15.3. The SMILES string of the molecule is CCN1CCOC(C(=O)N2CCN(C(=O)Nc3ccc(Cl)c(Cl)c3)CC2)C1. The third kappa shape index (κ3) is 5.04. The normalized spacial score (nSPS) is 21.2. The molecule has 0 aromatic heterocycles. The van der Waals surface area contributed by atoms with E-state index in [-0.39, 0.29) is 11.9 Å². The molecule has 1 N–H and O–H groups in total. The molecule has 0 spiro atoms. The lowest BCUT2D eigenvalue weighted by molar-refractivity contribution is -0.150. The predicted octanol–water partition coefficient (Wildman–Crippen LogP) is 2.39. The van der Waals surface area contributed by atoms with Crippen molar-refractivity contribution in [2.75, 3.05) is 57.7 Å². The summed E-state index contributed by atoms with van der Waals surface area (Å²) in [5, 5.41) is 3.64. The van der Waals surface area contributed by atoms with Crippen LogP contribution in [-0.2, 0) is 9.53 Å². The van der Waals surface area contributed by atoms with Crippen molar-refractivity contribution in [2.24, 2.45) is 0 Å². The maximum atomic E-state index is 12.7. The molecule has 0 bridgehead atoms. The van der Waals surface area contributed by atoms with Crippen LogP contribution in [0.2, 0.25) is 10.0 Å². The molecule has 1 aromatic carbocycles. The number of rotatable bonds is 3. The van der Waals surface area contributed by atoms with Crippen LogP contribution < -0.4 is 5.32 Å². The van der Waals surface area contributed by atoms with E-state index in [0.717, 1.165) is 13.1 Å². The summed E-state index contributed by atoms with van der Waals surface area (Å²) in [6.45, 7) is 7.02. The smallest absolute Gasteiger partial charge is 0.321 e. The Balaban J connectivity index is 1.49. The fourth-order valence-corrected chi connectivity index (χ4v) is 3.55. The molecule has 3 amide bonds. The molecule has 0 aliphatic carbocycles. The summed E-state index contributed by atoms with van der Waals surface area (Å²) in [5.74, 6) is 0.0118. The minimum Gasteiger partial charge on any atom is -0.366 e. The van der Waals surface area contributed by atoms with E-state index in [1.54, 1.807) is 28.0 Å². The number of anilines is 1. The highest BCUT2D eigenvalue weighted by molar-refractivity contribution is 6.42. The van der Waals surface area contributed by atoms with Crippen molar-refractivity contribution in [3.63, 3.8) is 0 Å². The number of hydrogen-bond acceptors (Lipinski definition) is 4. The first kappa shape index (κ1) is 20.2. The second-order valence-corrected chi connectivity index (χ2v) is 7.44. The first-order valence-electron chi connectivity index (χ1n) is 9.11. The van der Waals surface area contributed by atoms with Crippen LogP contribution in [0.15, 0.2) is 18.2 Å². The van der Waals surface area contributed by atoms with Gasteiger partial charge in [0, 0.05) is 45.0 Å². The van der Waals surface area contributed by atoms with E-state index in [2.05, 4.69) is 17.1 Å². The highest BCUT2D eigenvalue weighted by Gasteiger charge is 2.32. The quantitative estimate of drug-likeness (QED) is 0.824. The van der Waals surface area contributed by atoms with Gasteiger partial charge in [0.25, 0.3) is 5.91 Å². The summed E-state index contributed by atoms with van der Waals surface area (Å²) in [6, 6.07) is 4.74. The molecule has 7 nitrogen and oxygen atoms in total. The van der Waals surface area contributed by atoms with Crippen LogP contribution in [0.5, 0.6) is 0 Å². The average molecular weight is 415 g/mol. The number of benzene rings is 1. The molecular formula is C18H24Cl2N4O3. The predicted molar refractivity (Wildman–Crippen MR) is 105 cm³/mol. The van der Waals surface area contributed by atoms with Crippen LogP contribution >= 0.6 is 23.2 Å². The van der Waals surface area contributed by atoms with E-state index >= 15 is 0 Å². The number of likely N-dealkylation sites (N-methyl/N-ethyl adjacent to an activating group) is 1. The van der Waals surface area contributed by atoms with Gasteiger partial charge < -0.3 is 19.9 Å². The fraction of sp³-hybridized carbons (Fsp3) is 0.556. The van der Waals surface area contributed by atoms with Crippen LogP contribution in [0.25, 0.3) is 0 Å². The minimum absolute atomic E-state index is 0.0118. The summed E-state index contributed by atoms with van der Waals surface area (Å²) in [6.07, 6.45) is -0.407. The number of carbonyl (C=O) groups is 2. The van der Waals surface area contributed by atoms with Gasteiger partial charge in [0.1, 0.15) is 6.10 Å². The summed E-state index contributed by atoms with van der Waals surface area (Å²) in [4.78, 5) is 30.8. The molecule has 27 heavy (non-hydrogen) atoms. The lowest BCUT2D eigenvalue weighted by Crippen LogP contribution is -2.56. The van der Waals surface area contributed by atoms with Gasteiger partial charge in [-0.05, 0) is 24.7 Å². The summed E-state index contributed by atoms with van der Waals surface area (Å²) in [5.41, 5.74) is 0.586. The molecule has 2 saturated heterocycles. The van der Waals surface area contributed by atoms with Crippen LogP contribution in [0.1, 0.15) is 6.92 Å². The number of morpholine rings is 1. The van der Waals surface area contributed by atoms with Gasteiger partial charge >= 0.3 is 6.03 Å². The van der Waals surface area contributed by atoms with Crippen LogP contribution in [-0.4, -0.2) is 85.2 Å². The van der Waals surface area contributed by atoms with Crippen molar-refractivity contribution in [2.45, 2.75) is 13.0 Å². The zero-order valence-corrected chi connectivity index (χ0v) is 16.8. The van der Waals surface area contributed by atoms with Crippen molar-refractivity contribution in [1.82, 2.24) is 14.7 Å². The maximum Gasteiger partial charge on any atom is 0.321 e. The molecule has 0 saturated carbocycles. The maximum absolute atomic E-state index is 12.7. The third-order valence-electron chi connectivity index (χ3n) is 4.92. The van der Waals surface area contributed by atoms with E-state index < -0.39 is 6.10 Å². The third-order valence-corrected chi connectivity index (χ3v) is 5.66. The van der Waals surface area contributed by atoms with Gasteiger partial charge in [-0.15, -0.1) is 0 Å². The van der Waals surface area contributed by atoms with Crippen molar-refractivity contribution >= 4 is 40.8 Å². The van der Waals surface area contributed by atoms with E-state index in [9.17, 15) is 9.59 Å². The second kappa shape index (κ2) is 9.10. The Morgan fingerprint density at radius 2 is 1.81 bits per heavy atom. The van der Waals surface area contributed by atoms with Gasteiger partial charge in [-0.25, -0.2) is 4.79 Å². The Hall–Kier alpha value is -1.54. The molecule has 2 fully saturated rings. The van der Waals surface area contributed by atoms with Gasteiger partial charge in [0.2, 0.25) is 0 Å². The van der Waals surface area contributed by atoms with E-state index in [1.165, 1.54) is 0 Å². The molecule has 2 aliphatic rings. The summed E-state index contributed by atoms with van der Waals surface area (Å²) in [7, 11) is 0. The first-order chi connectivity index (χ1) is 13.0. The van der Waals surface area contributed by atoms with E-state index in [4.69, 9.17) is 27.9 Å². The molecular weight excluding hydrogens is 391 g/mol. The topological polar surface area (TPSA) is 65.1 Å². The van der Waals surface area contributed by atoms with Crippen molar-refractivity contribution in [3.8, 4) is 0 Å². The largest absolute Gasteiger partial charge is 0.366 e. The van der Waals surface area contributed by atoms with Crippen molar-refractivity contribution < 1.29 is 14.3 Å². The molecule has 2 heterocycles. The van der Waals surface area contributed by atoms with Crippen molar-refractivity contribution in [1.29, 1.82) is 0 Å². The molecule has 0 radical (unpaired) electrons. The van der Waals surface area contributed by atoms with Gasteiger partial charge in [-0.1, -0.05) is 30.1 Å². The molecule has 1 aromatic rings. The van der Waals surface area contributed by atoms with Gasteiger partial charge in [-0.2, -0.15) is 0 Å². The number of nitrogens with one attached hydrogen (secondary N) is 1. The van der Waals surface area contributed by atoms with Gasteiger partial charge in [0.05, 0.1) is 16.7 Å². The monoisotopic (exact) mass is 414 g/mol. The van der Waals surface area contributed by atoms with E-state index in [1.807, 2.05) is 0 Å². The summed E-state index contributed by atoms with van der Waals surface area (Å²) < 4.78 is 5.65. The van der Waals surface area contributed by atoms with Gasteiger partial charge in [0.15, 0.2) is 0 Å². The number of hydrogen-bond donors (Lipinski definition) is 1.